The Morgan fingerprint density at radius 1 is 1.38 bits per heavy atom. The summed E-state index contributed by atoms with van der Waals surface area (Å²) in [6.07, 6.45) is 3.69. The van der Waals surface area contributed by atoms with E-state index < -0.39 is 0 Å². The first kappa shape index (κ1) is 15.1. The van der Waals surface area contributed by atoms with E-state index in [2.05, 4.69) is 42.1 Å². The Hall–Kier alpha value is -0.800. The Morgan fingerprint density at radius 3 is 2.90 bits per heavy atom. The summed E-state index contributed by atoms with van der Waals surface area (Å²) in [5.74, 6) is -0.129. The number of fused-ring (bicyclic) bond motifs is 1. The SMILES string of the molecule is COc1c(F)cccc1-c1cn(SI)c2ncc(Br)cc12. The van der Waals surface area contributed by atoms with Crippen molar-refractivity contribution in [1.29, 1.82) is 0 Å². The van der Waals surface area contributed by atoms with E-state index in [-0.39, 0.29) is 11.6 Å². The number of pyridine rings is 1. The monoisotopic (exact) mass is 478 g/mol. The quantitative estimate of drug-likeness (QED) is 0.468. The maximum absolute atomic E-state index is 13.9. The van der Waals surface area contributed by atoms with Crippen LogP contribution in [0.25, 0.3) is 22.2 Å². The van der Waals surface area contributed by atoms with Crippen molar-refractivity contribution in [3.05, 3.63) is 46.9 Å². The minimum absolute atomic E-state index is 0.245. The molecule has 0 aliphatic heterocycles. The van der Waals surface area contributed by atoms with Gasteiger partial charge in [0, 0.05) is 63.7 Å². The number of ether oxygens (including phenoxy) is 1. The van der Waals surface area contributed by atoms with Gasteiger partial charge in [-0.15, -0.1) is 0 Å². The largest absolute Gasteiger partial charge is 0.493 e. The maximum Gasteiger partial charge on any atom is 0.165 e. The van der Waals surface area contributed by atoms with E-state index in [9.17, 15) is 4.39 Å². The standard InChI is InChI=1S/C14H9BrFIN2OS/c1-20-13-9(3-2-4-12(13)16)11-7-19(21-17)14-10(11)5-8(15)6-18-14/h2-7H,1H3. The van der Waals surface area contributed by atoms with E-state index in [1.54, 1.807) is 12.3 Å². The third-order valence-corrected chi connectivity index (χ3v) is 5.25. The van der Waals surface area contributed by atoms with Gasteiger partial charge < -0.3 is 4.74 Å². The van der Waals surface area contributed by atoms with Crippen molar-refractivity contribution in [3.63, 3.8) is 0 Å². The molecule has 0 fully saturated rings. The zero-order valence-corrected chi connectivity index (χ0v) is 15.4. The van der Waals surface area contributed by atoms with Crippen LogP contribution in [-0.2, 0) is 0 Å². The number of aromatic nitrogens is 2. The predicted octanol–water partition coefficient (Wildman–Crippen LogP) is 5.46. The van der Waals surface area contributed by atoms with Gasteiger partial charge in [-0.05, 0) is 28.1 Å². The van der Waals surface area contributed by atoms with E-state index in [0.29, 0.717) is 5.56 Å². The lowest BCUT2D eigenvalue weighted by atomic mass is 10.0. The van der Waals surface area contributed by atoms with Crippen LogP contribution in [0.3, 0.4) is 0 Å². The minimum atomic E-state index is -0.374. The Bertz CT molecular complexity index is 824. The third kappa shape index (κ3) is 2.66. The molecular weight excluding hydrogens is 470 g/mol. The van der Waals surface area contributed by atoms with Gasteiger partial charge in [0.25, 0.3) is 0 Å². The van der Waals surface area contributed by atoms with Gasteiger partial charge in [0.15, 0.2) is 17.2 Å². The molecule has 108 valence electrons. The molecule has 0 spiro atoms. The molecule has 0 saturated heterocycles. The molecule has 0 saturated carbocycles. The molecule has 0 aliphatic carbocycles. The second kappa shape index (κ2) is 6.13. The number of rotatable bonds is 3. The lowest BCUT2D eigenvalue weighted by Gasteiger charge is -2.08. The topological polar surface area (TPSA) is 27.1 Å². The first-order valence-corrected chi connectivity index (χ1v) is 10.0. The van der Waals surface area contributed by atoms with E-state index in [4.69, 9.17) is 4.74 Å². The number of benzene rings is 1. The average Bonchev–Trinajstić information content (AvgIpc) is 2.84. The molecule has 3 aromatic rings. The number of methoxy groups -OCH3 is 1. The van der Waals surface area contributed by atoms with Gasteiger partial charge in [0.05, 0.1) is 7.11 Å². The summed E-state index contributed by atoms with van der Waals surface area (Å²) in [6.45, 7) is 0. The van der Waals surface area contributed by atoms with Crippen molar-refractivity contribution >= 4 is 57.3 Å². The zero-order valence-electron chi connectivity index (χ0n) is 10.8. The molecule has 21 heavy (non-hydrogen) atoms. The average molecular weight is 479 g/mol. The molecule has 3 nitrogen and oxygen atoms in total. The molecule has 7 heteroatoms. The van der Waals surface area contributed by atoms with Gasteiger partial charge >= 0.3 is 0 Å². The van der Waals surface area contributed by atoms with Crippen LogP contribution in [0.5, 0.6) is 5.75 Å². The molecular formula is C14H9BrFIN2OS. The van der Waals surface area contributed by atoms with Crippen LogP contribution in [0.1, 0.15) is 0 Å². The predicted molar refractivity (Wildman–Crippen MR) is 96.4 cm³/mol. The fourth-order valence-electron chi connectivity index (χ4n) is 2.25. The molecule has 2 aromatic heterocycles. The highest BCUT2D eigenvalue weighted by Crippen LogP contribution is 2.39. The van der Waals surface area contributed by atoms with Gasteiger partial charge in [0.2, 0.25) is 0 Å². The van der Waals surface area contributed by atoms with Gasteiger partial charge in [-0.1, -0.05) is 12.1 Å². The molecule has 0 aliphatic rings. The van der Waals surface area contributed by atoms with E-state index in [1.165, 1.54) is 22.3 Å². The third-order valence-electron chi connectivity index (χ3n) is 3.11. The van der Waals surface area contributed by atoms with Crippen LogP contribution in [0.4, 0.5) is 4.39 Å². The number of halogens is 3. The van der Waals surface area contributed by atoms with Crippen molar-refractivity contribution in [2.24, 2.45) is 0 Å². The number of hydrogen-bond acceptors (Lipinski definition) is 3. The summed E-state index contributed by atoms with van der Waals surface area (Å²) in [6, 6.07) is 6.90. The van der Waals surface area contributed by atoms with Crippen molar-refractivity contribution in [3.8, 4) is 16.9 Å². The summed E-state index contributed by atoms with van der Waals surface area (Å²) in [5, 5.41) is 0.942. The van der Waals surface area contributed by atoms with E-state index in [0.717, 1.165) is 21.1 Å². The van der Waals surface area contributed by atoms with Gasteiger partial charge in [-0.2, -0.15) is 0 Å². The van der Waals surface area contributed by atoms with Crippen LogP contribution in [0.15, 0.2) is 41.1 Å². The van der Waals surface area contributed by atoms with Gasteiger partial charge in [-0.25, -0.2) is 9.37 Å². The van der Waals surface area contributed by atoms with E-state index in [1.807, 2.05) is 22.3 Å². The Balaban J connectivity index is 2.35. The van der Waals surface area contributed by atoms with Crippen LogP contribution in [-0.4, -0.2) is 16.1 Å². The molecule has 0 radical (unpaired) electrons. The van der Waals surface area contributed by atoms with Crippen molar-refractivity contribution in [2.45, 2.75) is 0 Å². The minimum Gasteiger partial charge on any atom is -0.493 e. The second-order valence-electron chi connectivity index (χ2n) is 4.28. The summed E-state index contributed by atoms with van der Waals surface area (Å²) in [5.41, 5.74) is 2.44. The molecule has 1 aromatic carbocycles. The van der Waals surface area contributed by atoms with Crippen LogP contribution >= 0.6 is 46.3 Å². The lowest BCUT2D eigenvalue weighted by molar-refractivity contribution is 0.388. The molecule has 0 amide bonds. The first-order chi connectivity index (χ1) is 10.2. The number of nitrogens with zero attached hydrogens (tertiary/aromatic N) is 2. The second-order valence-corrected chi connectivity index (χ2v) is 6.91. The highest BCUT2D eigenvalue weighted by molar-refractivity contribution is 14.2. The molecule has 3 rings (SSSR count). The van der Waals surface area contributed by atoms with Gasteiger partial charge in [0.1, 0.15) is 0 Å². The summed E-state index contributed by atoms with van der Waals surface area (Å²) in [7, 11) is 2.99. The van der Waals surface area contributed by atoms with Crippen LogP contribution < -0.4 is 4.74 Å². The Kier molecular flexibility index (Phi) is 4.41. The maximum atomic E-state index is 13.9. The molecule has 0 atom stereocenters. The molecule has 0 N–H and O–H groups in total. The molecule has 2 heterocycles. The highest BCUT2D eigenvalue weighted by Gasteiger charge is 2.17. The fourth-order valence-corrected chi connectivity index (χ4v) is 3.84. The van der Waals surface area contributed by atoms with Crippen LogP contribution in [0.2, 0.25) is 0 Å². The molecule has 0 bridgehead atoms. The van der Waals surface area contributed by atoms with Crippen molar-refractivity contribution in [2.75, 3.05) is 7.11 Å². The summed E-state index contributed by atoms with van der Waals surface area (Å²) in [4.78, 5) is 4.43. The molecule has 0 unspecified atom stereocenters. The fraction of sp³-hybridized carbons (Fsp3) is 0.0714. The number of hydrogen-bond donors (Lipinski definition) is 0. The normalized spacial score (nSPS) is 11.0. The first-order valence-electron chi connectivity index (χ1n) is 5.94. The Morgan fingerprint density at radius 2 is 2.19 bits per heavy atom. The van der Waals surface area contributed by atoms with Crippen molar-refractivity contribution in [1.82, 2.24) is 8.96 Å². The highest BCUT2D eigenvalue weighted by atomic mass is 127. The summed E-state index contributed by atoms with van der Waals surface area (Å²) >= 11 is 5.62. The summed E-state index contributed by atoms with van der Waals surface area (Å²) < 4.78 is 22.0. The van der Waals surface area contributed by atoms with Crippen LogP contribution in [0, 0.1) is 5.82 Å². The number of para-hydroxylation sites is 1. The Labute approximate surface area is 145 Å². The van der Waals surface area contributed by atoms with E-state index >= 15 is 0 Å². The lowest BCUT2D eigenvalue weighted by Crippen LogP contribution is -1.91. The smallest absolute Gasteiger partial charge is 0.165 e. The van der Waals surface area contributed by atoms with Gasteiger partial charge in [-0.3, -0.25) is 3.97 Å². The zero-order chi connectivity index (χ0) is 15.0. The van der Waals surface area contributed by atoms with Crippen molar-refractivity contribution < 1.29 is 9.13 Å².